The lowest BCUT2D eigenvalue weighted by Crippen LogP contribution is -2.42. The van der Waals surface area contributed by atoms with Gasteiger partial charge in [-0.1, -0.05) is 23.7 Å². The van der Waals surface area contributed by atoms with E-state index in [9.17, 15) is 8.42 Å². The van der Waals surface area contributed by atoms with Crippen molar-refractivity contribution in [3.05, 3.63) is 34.9 Å². The van der Waals surface area contributed by atoms with E-state index >= 15 is 0 Å². The summed E-state index contributed by atoms with van der Waals surface area (Å²) >= 11 is 5.88. The fourth-order valence-corrected chi connectivity index (χ4v) is 3.04. The van der Waals surface area contributed by atoms with E-state index in [1.807, 2.05) is 36.2 Å². The molecule has 1 aromatic carbocycles. The number of benzene rings is 1. The number of hydrogen-bond donors (Lipinski definition) is 1. The van der Waals surface area contributed by atoms with Gasteiger partial charge in [-0.05, 0) is 38.5 Å². The summed E-state index contributed by atoms with van der Waals surface area (Å²) in [4.78, 5) is 6.13. The van der Waals surface area contributed by atoms with Gasteiger partial charge in [0.2, 0.25) is 0 Å². The van der Waals surface area contributed by atoms with Crippen LogP contribution in [-0.4, -0.2) is 50.4 Å². The highest BCUT2D eigenvalue weighted by atomic mass is 127. The van der Waals surface area contributed by atoms with Gasteiger partial charge in [-0.3, -0.25) is 4.99 Å². The lowest BCUT2D eigenvalue weighted by Gasteiger charge is -2.23. The SMILES string of the molecule is CN=C(NCCS(=O)(=O)C(C)(C)C)N(C)Cc1ccc(Cl)cc1.I. The van der Waals surface area contributed by atoms with Crippen molar-refractivity contribution in [3.8, 4) is 0 Å². The second kappa shape index (κ2) is 9.82. The number of aliphatic imine (C=N–C) groups is 1. The van der Waals surface area contributed by atoms with Crippen LogP contribution < -0.4 is 5.32 Å². The largest absolute Gasteiger partial charge is 0.355 e. The van der Waals surface area contributed by atoms with Crippen molar-refractivity contribution in [3.63, 3.8) is 0 Å². The molecule has 0 aliphatic rings. The Morgan fingerprint density at radius 3 is 2.25 bits per heavy atom. The van der Waals surface area contributed by atoms with E-state index < -0.39 is 14.6 Å². The molecule has 0 aliphatic carbocycles. The zero-order valence-corrected chi connectivity index (χ0v) is 18.7. The average molecular weight is 488 g/mol. The second-order valence-electron chi connectivity index (χ2n) is 6.39. The molecule has 0 aromatic heterocycles. The van der Waals surface area contributed by atoms with E-state index in [1.54, 1.807) is 27.8 Å². The van der Waals surface area contributed by atoms with Crippen LogP contribution in [0, 0.1) is 0 Å². The van der Waals surface area contributed by atoms with Gasteiger partial charge >= 0.3 is 0 Å². The van der Waals surface area contributed by atoms with E-state index in [2.05, 4.69) is 10.3 Å². The maximum atomic E-state index is 12.1. The molecule has 0 atom stereocenters. The Balaban J connectivity index is 0.00000529. The summed E-state index contributed by atoms with van der Waals surface area (Å²) in [5, 5.41) is 3.80. The monoisotopic (exact) mass is 487 g/mol. The summed E-state index contributed by atoms with van der Waals surface area (Å²) in [5.41, 5.74) is 1.10. The van der Waals surface area contributed by atoms with Crippen molar-refractivity contribution in [1.29, 1.82) is 0 Å². The van der Waals surface area contributed by atoms with E-state index in [-0.39, 0.29) is 29.7 Å². The highest BCUT2D eigenvalue weighted by Gasteiger charge is 2.28. The van der Waals surface area contributed by atoms with E-state index in [0.717, 1.165) is 5.56 Å². The Morgan fingerprint density at radius 1 is 1.25 bits per heavy atom. The quantitative estimate of drug-likeness (QED) is 0.394. The summed E-state index contributed by atoms with van der Waals surface area (Å²) in [6.45, 7) is 6.12. The molecule has 138 valence electrons. The smallest absolute Gasteiger partial charge is 0.193 e. The Bertz CT molecular complexity index is 640. The number of halogens is 2. The molecular formula is C16H27ClIN3O2S. The van der Waals surface area contributed by atoms with Crippen LogP contribution in [0.2, 0.25) is 5.02 Å². The first-order valence-electron chi connectivity index (χ1n) is 7.45. The highest BCUT2D eigenvalue weighted by Crippen LogP contribution is 2.15. The van der Waals surface area contributed by atoms with Gasteiger partial charge in [-0.15, -0.1) is 24.0 Å². The van der Waals surface area contributed by atoms with Crippen molar-refractivity contribution >= 4 is 51.4 Å². The van der Waals surface area contributed by atoms with Gasteiger partial charge in [0, 0.05) is 32.2 Å². The summed E-state index contributed by atoms with van der Waals surface area (Å²) in [6, 6.07) is 7.60. The Morgan fingerprint density at radius 2 is 1.79 bits per heavy atom. The molecule has 0 heterocycles. The molecule has 0 amide bonds. The number of nitrogens with zero attached hydrogens (tertiary/aromatic N) is 2. The summed E-state index contributed by atoms with van der Waals surface area (Å²) in [6.07, 6.45) is 0. The maximum Gasteiger partial charge on any atom is 0.193 e. The van der Waals surface area contributed by atoms with Crippen molar-refractivity contribution in [2.45, 2.75) is 32.1 Å². The summed E-state index contributed by atoms with van der Waals surface area (Å²) in [5.74, 6) is 0.730. The third-order valence-electron chi connectivity index (χ3n) is 3.49. The molecule has 0 saturated heterocycles. The van der Waals surface area contributed by atoms with Gasteiger partial charge < -0.3 is 10.2 Å². The van der Waals surface area contributed by atoms with Crippen molar-refractivity contribution in [2.75, 3.05) is 26.4 Å². The van der Waals surface area contributed by atoms with Crippen LogP contribution in [0.5, 0.6) is 0 Å². The second-order valence-corrected chi connectivity index (χ2v) is 9.69. The van der Waals surface area contributed by atoms with Crippen LogP contribution in [0.25, 0.3) is 0 Å². The fourth-order valence-electron chi connectivity index (χ4n) is 1.93. The Labute approximate surface area is 167 Å². The molecule has 1 N–H and O–H groups in total. The molecule has 0 aliphatic heterocycles. The number of hydrogen-bond acceptors (Lipinski definition) is 3. The maximum absolute atomic E-state index is 12.1. The molecule has 1 aromatic rings. The predicted octanol–water partition coefficient (Wildman–Crippen LogP) is 3.18. The molecule has 0 fully saturated rings. The summed E-state index contributed by atoms with van der Waals surface area (Å²) < 4.78 is 23.5. The molecule has 24 heavy (non-hydrogen) atoms. The molecule has 0 unspecified atom stereocenters. The standard InChI is InChI=1S/C16H26ClN3O2S.HI/c1-16(2,3)23(21,22)11-10-19-15(18-4)20(5)12-13-6-8-14(17)9-7-13;/h6-9H,10-12H2,1-5H3,(H,18,19);1H. The van der Waals surface area contributed by atoms with Crippen molar-refractivity contribution in [1.82, 2.24) is 10.2 Å². The minimum absolute atomic E-state index is 0. The molecular weight excluding hydrogens is 461 g/mol. The molecule has 8 heteroatoms. The summed E-state index contributed by atoms with van der Waals surface area (Å²) in [7, 11) is 0.443. The van der Waals surface area contributed by atoms with E-state index in [1.165, 1.54) is 0 Å². The van der Waals surface area contributed by atoms with Crippen LogP contribution in [0.3, 0.4) is 0 Å². The molecule has 0 spiro atoms. The van der Waals surface area contributed by atoms with Crippen LogP contribution in [-0.2, 0) is 16.4 Å². The van der Waals surface area contributed by atoms with Gasteiger partial charge in [0.15, 0.2) is 15.8 Å². The topological polar surface area (TPSA) is 61.8 Å². The fraction of sp³-hybridized carbons (Fsp3) is 0.562. The highest BCUT2D eigenvalue weighted by molar-refractivity contribution is 14.0. The van der Waals surface area contributed by atoms with Gasteiger partial charge in [0.05, 0.1) is 10.5 Å². The molecule has 0 bridgehead atoms. The first-order chi connectivity index (χ1) is 10.6. The average Bonchev–Trinajstić information content (AvgIpc) is 2.44. The zero-order valence-electron chi connectivity index (χ0n) is 14.8. The third kappa shape index (κ3) is 7.14. The van der Waals surface area contributed by atoms with Crippen LogP contribution in [0.1, 0.15) is 26.3 Å². The van der Waals surface area contributed by atoms with Gasteiger partial charge in [0.25, 0.3) is 0 Å². The van der Waals surface area contributed by atoms with Crippen LogP contribution in [0.15, 0.2) is 29.3 Å². The molecule has 1 rings (SSSR count). The first-order valence-corrected chi connectivity index (χ1v) is 9.48. The molecule has 0 radical (unpaired) electrons. The number of rotatable bonds is 5. The van der Waals surface area contributed by atoms with Gasteiger partial charge in [-0.25, -0.2) is 8.42 Å². The van der Waals surface area contributed by atoms with Gasteiger partial charge in [0.1, 0.15) is 0 Å². The minimum atomic E-state index is -3.14. The zero-order chi connectivity index (χ0) is 17.7. The van der Waals surface area contributed by atoms with E-state index in [0.29, 0.717) is 24.1 Å². The lowest BCUT2D eigenvalue weighted by atomic mass is 10.2. The van der Waals surface area contributed by atoms with Crippen molar-refractivity contribution < 1.29 is 8.42 Å². The number of sulfone groups is 1. The number of nitrogens with one attached hydrogen (secondary N) is 1. The van der Waals surface area contributed by atoms with E-state index in [4.69, 9.17) is 11.6 Å². The molecule has 0 saturated carbocycles. The van der Waals surface area contributed by atoms with Crippen LogP contribution in [0.4, 0.5) is 0 Å². The molecule has 5 nitrogen and oxygen atoms in total. The van der Waals surface area contributed by atoms with Gasteiger partial charge in [-0.2, -0.15) is 0 Å². The Hall–Kier alpha value is -0.540. The third-order valence-corrected chi connectivity index (χ3v) is 6.35. The predicted molar refractivity (Wildman–Crippen MR) is 113 cm³/mol. The normalized spacial score (nSPS) is 12.5. The lowest BCUT2D eigenvalue weighted by molar-refractivity contribution is 0.478. The number of guanidine groups is 1. The van der Waals surface area contributed by atoms with Crippen LogP contribution >= 0.6 is 35.6 Å². The minimum Gasteiger partial charge on any atom is -0.355 e. The Kier molecular flexibility index (Phi) is 9.60. The first kappa shape index (κ1) is 23.5. The van der Waals surface area contributed by atoms with Crippen molar-refractivity contribution in [2.24, 2.45) is 4.99 Å².